The summed E-state index contributed by atoms with van der Waals surface area (Å²) in [5.41, 5.74) is 4.35. The SMILES string of the molecule is CC(C)N(C(=O)c1ccc(CN2CCOCC2)cc1)C1CCCc2cccnc21. The van der Waals surface area contributed by atoms with Gasteiger partial charge in [-0.1, -0.05) is 18.2 Å². The predicted molar refractivity (Wildman–Crippen MR) is 114 cm³/mol. The van der Waals surface area contributed by atoms with E-state index >= 15 is 0 Å². The zero-order valence-corrected chi connectivity index (χ0v) is 17.5. The van der Waals surface area contributed by atoms with Gasteiger partial charge in [-0.15, -0.1) is 0 Å². The van der Waals surface area contributed by atoms with Crippen LogP contribution in [0.4, 0.5) is 0 Å². The molecule has 29 heavy (non-hydrogen) atoms. The summed E-state index contributed by atoms with van der Waals surface area (Å²) in [6.45, 7) is 8.65. The second-order valence-electron chi connectivity index (χ2n) is 8.35. The number of morpholine rings is 1. The van der Waals surface area contributed by atoms with Crippen molar-refractivity contribution in [1.29, 1.82) is 0 Å². The van der Waals surface area contributed by atoms with E-state index < -0.39 is 0 Å². The number of aromatic nitrogens is 1. The molecule has 0 spiro atoms. The molecule has 2 aromatic rings. The molecule has 1 fully saturated rings. The number of rotatable bonds is 5. The van der Waals surface area contributed by atoms with Gasteiger partial charge in [0.15, 0.2) is 0 Å². The van der Waals surface area contributed by atoms with Gasteiger partial charge in [-0.25, -0.2) is 0 Å². The molecule has 1 aliphatic heterocycles. The average molecular weight is 394 g/mol. The molecule has 0 saturated carbocycles. The smallest absolute Gasteiger partial charge is 0.254 e. The van der Waals surface area contributed by atoms with E-state index in [4.69, 9.17) is 4.74 Å². The Labute approximate surface area is 173 Å². The van der Waals surface area contributed by atoms with Crippen LogP contribution in [0, 0.1) is 0 Å². The van der Waals surface area contributed by atoms with Crippen LogP contribution in [0.3, 0.4) is 0 Å². The first-order valence-corrected chi connectivity index (χ1v) is 10.8. The number of fused-ring (bicyclic) bond motifs is 1. The molecule has 1 saturated heterocycles. The van der Waals surface area contributed by atoms with Crippen molar-refractivity contribution in [3.8, 4) is 0 Å². The van der Waals surface area contributed by atoms with Crippen LogP contribution < -0.4 is 0 Å². The minimum atomic E-state index is 0.0560. The third kappa shape index (κ3) is 4.51. The highest BCUT2D eigenvalue weighted by molar-refractivity contribution is 5.94. The molecule has 1 unspecified atom stereocenters. The number of benzene rings is 1. The van der Waals surface area contributed by atoms with Crippen molar-refractivity contribution in [2.45, 2.75) is 51.7 Å². The Morgan fingerprint density at radius 2 is 1.97 bits per heavy atom. The number of carbonyl (C=O) groups excluding carboxylic acids is 1. The van der Waals surface area contributed by atoms with Gasteiger partial charge in [0.25, 0.3) is 5.91 Å². The summed E-state index contributed by atoms with van der Waals surface area (Å²) in [4.78, 5) is 22.5. The van der Waals surface area contributed by atoms with Crippen LogP contribution >= 0.6 is 0 Å². The monoisotopic (exact) mass is 393 g/mol. The highest BCUT2D eigenvalue weighted by Gasteiger charge is 2.32. The van der Waals surface area contributed by atoms with Crippen LogP contribution in [0.2, 0.25) is 0 Å². The first kappa shape index (κ1) is 20.0. The zero-order valence-electron chi connectivity index (χ0n) is 17.5. The van der Waals surface area contributed by atoms with Crippen molar-refractivity contribution in [3.63, 3.8) is 0 Å². The van der Waals surface area contributed by atoms with Crippen LogP contribution in [-0.2, 0) is 17.7 Å². The molecule has 1 aromatic heterocycles. The standard InChI is InChI=1S/C24H31N3O2/c1-18(2)27(22-7-3-5-20-6-4-12-25-23(20)22)24(28)21-10-8-19(9-11-21)17-26-13-15-29-16-14-26/h4,6,8-12,18,22H,3,5,7,13-17H2,1-2H3. The van der Waals surface area contributed by atoms with E-state index in [2.05, 4.69) is 41.9 Å². The van der Waals surface area contributed by atoms with Crippen LogP contribution in [0.25, 0.3) is 0 Å². The van der Waals surface area contributed by atoms with Gasteiger partial charge in [-0.2, -0.15) is 0 Å². The number of nitrogens with zero attached hydrogens (tertiary/aromatic N) is 3. The summed E-state index contributed by atoms with van der Waals surface area (Å²) in [7, 11) is 0. The highest BCUT2D eigenvalue weighted by atomic mass is 16.5. The van der Waals surface area contributed by atoms with Crippen molar-refractivity contribution >= 4 is 5.91 Å². The highest BCUT2D eigenvalue weighted by Crippen LogP contribution is 2.35. The number of amides is 1. The van der Waals surface area contributed by atoms with Crippen molar-refractivity contribution in [2.75, 3.05) is 26.3 Å². The second kappa shape index (κ2) is 9.06. The Bertz CT molecular complexity index is 828. The lowest BCUT2D eigenvalue weighted by atomic mass is 9.89. The van der Waals surface area contributed by atoms with Crippen molar-refractivity contribution in [3.05, 3.63) is 65.0 Å². The molecule has 2 aliphatic rings. The zero-order chi connectivity index (χ0) is 20.2. The lowest BCUT2D eigenvalue weighted by molar-refractivity contribution is 0.0342. The van der Waals surface area contributed by atoms with Crippen molar-refractivity contribution < 1.29 is 9.53 Å². The lowest BCUT2D eigenvalue weighted by Crippen LogP contribution is -2.41. The molecule has 1 aliphatic carbocycles. The third-order valence-corrected chi connectivity index (χ3v) is 6.00. The van der Waals surface area contributed by atoms with E-state index in [-0.39, 0.29) is 18.0 Å². The maximum Gasteiger partial charge on any atom is 0.254 e. The Kier molecular flexibility index (Phi) is 6.26. The molecule has 0 N–H and O–H groups in total. The van der Waals surface area contributed by atoms with Gasteiger partial charge in [0.2, 0.25) is 0 Å². The molecule has 5 heteroatoms. The number of hydrogen-bond donors (Lipinski definition) is 0. The van der Waals surface area contributed by atoms with Gasteiger partial charge in [0.1, 0.15) is 0 Å². The summed E-state index contributed by atoms with van der Waals surface area (Å²) in [5.74, 6) is 0.0985. The van der Waals surface area contributed by atoms with E-state index in [1.165, 1.54) is 11.1 Å². The number of ether oxygens (including phenoxy) is 1. The molecule has 0 radical (unpaired) electrons. The molecular formula is C24H31N3O2. The Morgan fingerprint density at radius 3 is 2.69 bits per heavy atom. The Hall–Kier alpha value is -2.24. The first-order valence-electron chi connectivity index (χ1n) is 10.8. The lowest BCUT2D eigenvalue weighted by Gasteiger charge is -2.38. The van der Waals surface area contributed by atoms with Crippen molar-refractivity contribution in [2.24, 2.45) is 0 Å². The number of carbonyl (C=O) groups is 1. The fourth-order valence-electron chi connectivity index (χ4n) is 4.51. The van der Waals surface area contributed by atoms with Crippen LogP contribution in [0.15, 0.2) is 42.6 Å². The maximum atomic E-state index is 13.5. The Balaban J connectivity index is 1.52. The van der Waals surface area contributed by atoms with E-state index in [9.17, 15) is 4.79 Å². The van der Waals surface area contributed by atoms with Crippen LogP contribution in [0.1, 0.15) is 59.9 Å². The normalized spacial score (nSPS) is 19.8. The molecule has 5 nitrogen and oxygen atoms in total. The van der Waals surface area contributed by atoms with Crippen LogP contribution in [-0.4, -0.2) is 53.0 Å². The topological polar surface area (TPSA) is 45.7 Å². The maximum absolute atomic E-state index is 13.5. The summed E-state index contributed by atoms with van der Waals surface area (Å²) in [6.07, 6.45) is 4.97. The minimum Gasteiger partial charge on any atom is -0.379 e. The van der Waals surface area contributed by atoms with E-state index in [1.54, 1.807) is 0 Å². The fraction of sp³-hybridized carbons (Fsp3) is 0.500. The van der Waals surface area contributed by atoms with Crippen molar-refractivity contribution in [1.82, 2.24) is 14.8 Å². The molecular weight excluding hydrogens is 362 g/mol. The van der Waals surface area contributed by atoms with E-state index in [0.29, 0.717) is 0 Å². The molecule has 2 heterocycles. The second-order valence-corrected chi connectivity index (χ2v) is 8.35. The van der Waals surface area contributed by atoms with Gasteiger partial charge in [-0.3, -0.25) is 14.7 Å². The van der Waals surface area contributed by atoms with E-state index in [1.807, 2.05) is 29.3 Å². The van der Waals surface area contributed by atoms with Gasteiger partial charge < -0.3 is 9.64 Å². The minimum absolute atomic E-state index is 0.0560. The van der Waals surface area contributed by atoms with Gasteiger partial charge in [-0.05, 0) is 62.4 Å². The quantitative estimate of drug-likeness (QED) is 0.774. The molecule has 4 rings (SSSR count). The molecule has 0 bridgehead atoms. The fourth-order valence-corrected chi connectivity index (χ4v) is 4.51. The summed E-state index contributed by atoms with van der Waals surface area (Å²) in [5, 5.41) is 0. The number of hydrogen-bond acceptors (Lipinski definition) is 4. The van der Waals surface area contributed by atoms with Gasteiger partial charge >= 0.3 is 0 Å². The number of aryl methyl sites for hydroxylation is 1. The first-order chi connectivity index (χ1) is 14.1. The Morgan fingerprint density at radius 1 is 1.21 bits per heavy atom. The predicted octanol–water partition coefficient (Wildman–Crippen LogP) is 3.84. The molecule has 1 aromatic carbocycles. The summed E-state index contributed by atoms with van der Waals surface area (Å²) >= 11 is 0. The average Bonchev–Trinajstić information content (AvgIpc) is 2.75. The molecule has 1 amide bonds. The molecule has 154 valence electrons. The molecule has 1 atom stereocenters. The largest absolute Gasteiger partial charge is 0.379 e. The van der Waals surface area contributed by atoms with Gasteiger partial charge in [0, 0.05) is 37.4 Å². The summed E-state index contributed by atoms with van der Waals surface area (Å²) in [6, 6.07) is 12.5. The number of pyridine rings is 1. The summed E-state index contributed by atoms with van der Waals surface area (Å²) < 4.78 is 5.42. The third-order valence-electron chi connectivity index (χ3n) is 6.00. The van der Waals surface area contributed by atoms with E-state index in [0.717, 1.165) is 63.4 Å². The van der Waals surface area contributed by atoms with Crippen LogP contribution in [0.5, 0.6) is 0 Å². The van der Waals surface area contributed by atoms with Gasteiger partial charge in [0.05, 0.1) is 24.9 Å².